The zero-order valence-electron chi connectivity index (χ0n) is 10.3. The summed E-state index contributed by atoms with van der Waals surface area (Å²) in [5, 5.41) is 7.88. The van der Waals surface area contributed by atoms with Crippen molar-refractivity contribution in [2.45, 2.75) is 6.61 Å². The number of hydrogen-bond acceptors (Lipinski definition) is 2. The zero-order chi connectivity index (χ0) is 14.7. The molecule has 3 nitrogen and oxygen atoms in total. The number of halogens is 3. The van der Waals surface area contributed by atoms with E-state index in [4.69, 9.17) is 27.5 Å². The van der Waals surface area contributed by atoms with E-state index in [-0.39, 0.29) is 18.3 Å². The Morgan fingerprint density at radius 3 is 2.75 bits per heavy atom. The summed E-state index contributed by atoms with van der Waals surface area (Å²) in [6, 6.07) is 9.37. The quantitative estimate of drug-likeness (QED) is 0.639. The Bertz CT molecular complexity index is 664. The van der Waals surface area contributed by atoms with Crippen molar-refractivity contribution in [1.82, 2.24) is 0 Å². The Morgan fingerprint density at radius 2 is 2.10 bits per heavy atom. The molecule has 0 aliphatic rings. The normalized spacial score (nSPS) is 10.3. The average Bonchev–Trinajstić information content (AvgIpc) is 2.37. The van der Waals surface area contributed by atoms with Crippen LogP contribution in [0.15, 0.2) is 40.9 Å². The first kappa shape index (κ1) is 14.8. The van der Waals surface area contributed by atoms with E-state index in [1.165, 1.54) is 12.1 Å². The fourth-order valence-corrected chi connectivity index (χ4v) is 2.41. The van der Waals surface area contributed by atoms with Gasteiger partial charge in [0.25, 0.3) is 0 Å². The summed E-state index contributed by atoms with van der Waals surface area (Å²) in [5.74, 6) is -0.0715. The van der Waals surface area contributed by atoms with Crippen LogP contribution < -0.4 is 10.5 Å². The molecule has 20 heavy (non-hydrogen) atoms. The van der Waals surface area contributed by atoms with Crippen molar-refractivity contribution >= 4 is 33.4 Å². The smallest absolute Gasteiger partial charge is 0.132 e. The molecule has 0 aliphatic carbocycles. The molecule has 3 N–H and O–H groups in total. The summed E-state index contributed by atoms with van der Waals surface area (Å²) < 4.78 is 19.2. The predicted molar refractivity (Wildman–Crippen MR) is 80.9 cm³/mol. The van der Waals surface area contributed by atoms with Crippen LogP contribution >= 0.6 is 27.5 Å². The highest BCUT2D eigenvalue weighted by Gasteiger charge is 2.12. The van der Waals surface area contributed by atoms with Crippen LogP contribution in [0, 0.1) is 11.2 Å². The molecule has 104 valence electrons. The largest absolute Gasteiger partial charge is 0.488 e. The van der Waals surface area contributed by atoms with Gasteiger partial charge in [0.2, 0.25) is 0 Å². The number of amidine groups is 1. The monoisotopic (exact) mass is 356 g/mol. The molecule has 2 rings (SSSR count). The number of nitrogen functional groups attached to an aromatic ring is 1. The van der Waals surface area contributed by atoms with Crippen LogP contribution in [0.2, 0.25) is 5.02 Å². The molecule has 0 amide bonds. The number of benzene rings is 2. The summed E-state index contributed by atoms with van der Waals surface area (Å²) >= 11 is 9.27. The van der Waals surface area contributed by atoms with Crippen molar-refractivity contribution in [3.05, 3.63) is 62.8 Å². The lowest BCUT2D eigenvalue weighted by atomic mass is 10.2. The number of hydrogen-bond donors (Lipinski definition) is 2. The fourth-order valence-electron chi connectivity index (χ4n) is 1.68. The van der Waals surface area contributed by atoms with Crippen molar-refractivity contribution < 1.29 is 9.13 Å². The van der Waals surface area contributed by atoms with Gasteiger partial charge in [-0.15, -0.1) is 0 Å². The molecule has 2 aromatic rings. The lowest BCUT2D eigenvalue weighted by Crippen LogP contribution is -2.14. The molecule has 0 atom stereocenters. The van der Waals surface area contributed by atoms with Crippen LogP contribution in [0.5, 0.6) is 5.75 Å². The zero-order valence-corrected chi connectivity index (χ0v) is 12.6. The van der Waals surface area contributed by atoms with E-state index in [0.717, 1.165) is 5.56 Å². The van der Waals surface area contributed by atoms with Gasteiger partial charge in [0.1, 0.15) is 24.0 Å². The van der Waals surface area contributed by atoms with Gasteiger partial charge in [0.05, 0.1) is 10.6 Å². The fraction of sp³-hybridized carbons (Fsp3) is 0.0714. The van der Waals surface area contributed by atoms with E-state index in [2.05, 4.69) is 15.9 Å². The van der Waals surface area contributed by atoms with Gasteiger partial charge >= 0.3 is 0 Å². The first-order valence-corrected chi connectivity index (χ1v) is 6.85. The third-order valence-electron chi connectivity index (χ3n) is 2.64. The van der Waals surface area contributed by atoms with E-state index in [0.29, 0.717) is 20.8 Å². The Labute approximate surface area is 129 Å². The number of nitrogens with two attached hydrogens (primary N) is 1. The first-order chi connectivity index (χ1) is 9.49. The second-order valence-corrected chi connectivity index (χ2v) is 5.31. The molecular weight excluding hydrogens is 347 g/mol. The van der Waals surface area contributed by atoms with Gasteiger partial charge in [-0.25, -0.2) is 4.39 Å². The molecule has 0 spiro atoms. The van der Waals surface area contributed by atoms with E-state index in [1.807, 2.05) is 0 Å². The van der Waals surface area contributed by atoms with Crippen molar-refractivity contribution in [3.63, 3.8) is 0 Å². The van der Waals surface area contributed by atoms with Crippen LogP contribution in [-0.4, -0.2) is 5.84 Å². The molecule has 0 aromatic heterocycles. The Balaban J connectivity index is 2.23. The van der Waals surface area contributed by atoms with Gasteiger partial charge in [0, 0.05) is 10.0 Å². The molecule has 0 aliphatic heterocycles. The van der Waals surface area contributed by atoms with E-state index >= 15 is 0 Å². The molecule has 0 saturated carbocycles. The lowest BCUT2D eigenvalue weighted by Gasteiger charge is -2.12. The van der Waals surface area contributed by atoms with Crippen molar-refractivity contribution in [3.8, 4) is 5.75 Å². The third-order valence-corrected chi connectivity index (χ3v) is 3.70. The summed E-state index contributed by atoms with van der Waals surface area (Å²) in [5.41, 5.74) is 6.63. The third kappa shape index (κ3) is 3.29. The van der Waals surface area contributed by atoms with Crippen LogP contribution in [-0.2, 0) is 6.61 Å². The molecular formula is C14H11BrClFN2O. The number of nitrogens with one attached hydrogen (secondary N) is 1. The van der Waals surface area contributed by atoms with Gasteiger partial charge in [-0.05, 0) is 24.3 Å². The highest BCUT2D eigenvalue weighted by atomic mass is 79.9. The molecule has 0 unspecified atom stereocenters. The van der Waals surface area contributed by atoms with Crippen LogP contribution in [0.4, 0.5) is 4.39 Å². The Morgan fingerprint density at radius 1 is 1.35 bits per heavy atom. The van der Waals surface area contributed by atoms with Gasteiger partial charge in [-0.1, -0.05) is 39.7 Å². The van der Waals surface area contributed by atoms with Gasteiger partial charge in [0.15, 0.2) is 0 Å². The van der Waals surface area contributed by atoms with E-state index in [1.54, 1.807) is 24.3 Å². The summed E-state index contributed by atoms with van der Waals surface area (Å²) in [6.07, 6.45) is 0. The molecule has 6 heteroatoms. The topological polar surface area (TPSA) is 59.1 Å². The van der Waals surface area contributed by atoms with E-state index < -0.39 is 0 Å². The minimum Gasteiger partial charge on any atom is -0.488 e. The van der Waals surface area contributed by atoms with Gasteiger partial charge < -0.3 is 10.5 Å². The number of rotatable bonds is 4. The van der Waals surface area contributed by atoms with E-state index in [9.17, 15) is 4.39 Å². The maximum Gasteiger partial charge on any atom is 0.132 e. The van der Waals surface area contributed by atoms with Crippen LogP contribution in [0.3, 0.4) is 0 Å². The summed E-state index contributed by atoms with van der Waals surface area (Å²) in [7, 11) is 0. The molecule has 0 heterocycles. The van der Waals surface area contributed by atoms with Crippen molar-refractivity contribution in [2.24, 2.45) is 5.73 Å². The van der Waals surface area contributed by atoms with Crippen LogP contribution in [0.25, 0.3) is 0 Å². The molecule has 0 bridgehead atoms. The number of ether oxygens (including phenoxy) is 1. The molecule has 0 saturated heterocycles. The summed E-state index contributed by atoms with van der Waals surface area (Å²) in [4.78, 5) is 0. The molecule has 0 radical (unpaired) electrons. The Kier molecular flexibility index (Phi) is 4.62. The minimum absolute atomic E-state index is 0.163. The standard InChI is InChI=1S/C14H11BrClFN2O/c15-10-6-9(17)5-4-8(10)7-20-12-3-1-2-11(16)13(12)14(18)19/h1-6H,7H2,(H3,18,19). The second kappa shape index (κ2) is 6.24. The Hall–Kier alpha value is -1.59. The van der Waals surface area contributed by atoms with Gasteiger partial charge in [-0.3, -0.25) is 5.41 Å². The van der Waals surface area contributed by atoms with Crippen LogP contribution in [0.1, 0.15) is 11.1 Å². The van der Waals surface area contributed by atoms with Gasteiger partial charge in [-0.2, -0.15) is 0 Å². The molecule has 2 aromatic carbocycles. The minimum atomic E-state index is -0.326. The second-order valence-electron chi connectivity index (χ2n) is 4.05. The van der Waals surface area contributed by atoms with Crippen molar-refractivity contribution in [1.29, 1.82) is 5.41 Å². The van der Waals surface area contributed by atoms with Crippen molar-refractivity contribution in [2.75, 3.05) is 0 Å². The highest BCUT2D eigenvalue weighted by Crippen LogP contribution is 2.27. The highest BCUT2D eigenvalue weighted by molar-refractivity contribution is 9.10. The lowest BCUT2D eigenvalue weighted by molar-refractivity contribution is 0.304. The summed E-state index contributed by atoms with van der Waals surface area (Å²) in [6.45, 7) is 0.210. The predicted octanol–water partition coefficient (Wildman–Crippen LogP) is 4.10. The maximum atomic E-state index is 13.0. The SMILES string of the molecule is N=C(N)c1c(Cl)cccc1OCc1ccc(F)cc1Br. The average molecular weight is 358 g/mol. The molecule has 0 fully saturated rings. The maximum absolute atomic E-state index is 13.0. The first-order valence-electron chi connectivity index (χ1n) is 5.68.